The zero-order valence-electron chi connectivity index (χ0n) is 20.4. The van der Waals surface area contributed by atoms with Gasteiger partial charge in [-0.25, -0.2) is 4.00 Å². The van der Waals surface area contributed by atoms with Crippen molar-refractivity contribution in [3.05, 3.63) is 0 Å². The van der Waals surface area contributed by atoms with E-state index >= 15 is 0 Å². The molecule has 29 heavy (non-hydrogen) atoms. The van der Waals surface area contributed by atoms with Gasteiger partial charge in [0.1, 0.15) is 6.04 Å². The molecule has 1 atom stereocenters. The number of halogens is 1. The molecule has 4 N–H and O–H groups in total. The summed E-state index contributed by atoms with van der Waals surface area (Å²) in [7, 11) is 4.05. The van der Waals surface area contributed by atoms with Crippen molar-refractivity contribution in [2.45, 2.75) is 141 Å². The molecule has 0 bridgehead atoms. The molecule has 0 radical (unpaired) electrons. The van der Waals surface area contributed by atoms with Crippen LogP contribution in [0.2, 0.25) is 0 Å². The second-order valence-corrected chi connectivity index (χ2v) is 10.2. The summed E-state index contributed by atoms with van der Waals surface area (Å²) in [5.41, 5.74) is 0. The molecular weight excluding hydrogens is 380 g/mol. The summed E-state index contributed by atoms with van der Waals surface area (Å²) in [5, 5.41) is 9.18. The minimum atomic E-state index is 0. The van der Waals surface area contributed by atoms with Crippen molar-refractivity contribution >= 4 is 11.8 Å². The van der Waals surface area contributed by atoms with Gasteiger partial charge in [-0.05, 0) is 6.42 Å². The predicted molar refractivity (Wildman–Crippen MR) is 132 cm³/mol. The Hall–Kier alpha value is 0.170. The average Bonchev–Trinajstić information content (AvgIpc) is 2.65. The molecule has 0 aromatic carbocycles. The Morgan fingerprint density at radius 3 is 1.17 bits per heavy atom. The van der Waals surface area contributed by atoms with Gasteiger partial charge in [-0.2, -0.15) is 0 Å². The number of unbranched alkanes of at least 4 members (excludes halogenated alkanes) is 17. The van der Waals surface area contributed by atoms with Crippen molar-refractivity contribution in [1.29, 1.82) is 0 Å². The van der Waals surface area contributed by atoms with Crippen LogP contribution in [-0.2, 0) is 0 Å². The highest BCUT2D eigenvalue weighted by Gasteiger charge is 2.25. The first-order chi connectivity index (χ1) is 13.5. The fraction of sp³-hybridized carbons (Fsp3) is 1.00. The fourth-order valence-electron chi connectivity index (χ4n) is 4.19. The van der Waals surface area contributed by atoms with E-state index in [1.807, 2.05) is 14.1 Å². The van der Waals surface area contributed by atoms with Crippen LogP contribution in [0.25, 0.3) is 0 Å². The monoisotopic (exact) mass is 435 g/mol. The molecule has 0 amide bonds. The maximum absolute atomic E-state index is 9.18. The molecule has 0 heterocycles. The molecule has 178 valence electrons. The molecule has 0 rings (SSSR count). The molecule has 3 nitrogen and oxygen atoms in total. The summed E-state index contributed by atoms with van der Waals surface area (Å²) in [6.45, 7) is 2.54. The molecule has 0 saturated carbocycles. The largest absolute Gasteiger partial charge is 0.396 e. The van der Waals surface area contributed by atoms with Gasteiger partial charge < -0.3 is 11.3 Å². The maximum Gasteiger partial charge on any atom is 0.165 e. The molecule has 0 aliphatic rings. The fourth-order valence-corrected chi connectivity index (χ4v) is 4.38. The Kier molecular flexibility index (Phi) is 24.7. The number of nitrogens with zero attached hydrogens (tertiary/aromatic N) is 1. The predicted octanol–water partition coefficient (Wildman–Crippen LogP) is 8.56. The maximum atomic E-state index is 9.18. The van der Waals surface area contributed by atoms with Crippen LogP contribution in [0.5, 0.6) is 0 Å². The van der Waals surface area contributed by atoms with Gasteiger partial charge in [0.25, 0.3) is 0 Å². The van der Waals surface area contributed by atoms with E-state index in [1.165, 1.54) is 116 Å². The SMILES string of the molecule is CCCCCCCCCCCCCCCCCCCCC(CCO)[N+](C)(C)Cl.N. The number of quaternary nitrogens is 1. The van der Waals surface area contributed by atoms with Crippen molar-refractivity contribution in [3.8, 4) is 0 Å². The highest BCUT2D eigenvalue weighted by atomic mass is 35.5. The summed E-state index contributed by atoms with van der Waals surface area (Å²) in [4.78, 5) is 0. The van der Waals surface area contributed by atoms with Gasteiger partial charge in [-0.1, -0.05) is 116 Å². The van der Waals surface area contributed by atoms with Crippen molar-refractivity contribution in [1.82, 2.24) is 6.15 Å². The lowest BCUT2D eigenvalue weighted by Gasteiger charge is -2.29. The normalized spacial score (nSPS) is 12.7. The Balaban J connectivity index is 0. The molecule has 0 aromatic heterocycles. The first-order valence-electron chi connectivity index (χ1n) is 12.7. The highest BCUT2D eigenvalue weighted by Crippen LogP contribution is 2.21. The van der Waals surface area contributed by atoms with E-state index in [2.05, 4.69) is 6.92 Å². The summed E-state index contributed by atoms with van der Waals surface area (Å²) >= 11 is 6.39. The first kappa shape index (κ1) is 31.4. The van der Waals surface area contributed by atoms with E-state index in [-0.39, 0.29) is 12.8 Å². The first-order valence-corrected chi connectivity index (χ1v) is 13.0. The van der Waals surface area contributed by atoms with Gasteiger partial charge >= 0.3 is 0 Å². The van der Waals surface area contributed by atoms with E-state index in [9.17, 15) is 5.11 Å². The highest BCUT2D eigenvalue weighted by molar-refractivity contribution is 6.06. The molecule has 0 fully saturated rings. The zero-order valence-corrected chi connectivity index (χ0v) is 21.2. The minimum Gasteiger partial charge on any atom is -0.396 e. The summed E-state index contributed by atoms with van der Waals surface area (Å²) in [5.74, 6) is 0. The van der Waals surface area contributed by atoms with Gasteiger partial charge in [0.15, 0.2) is 11.8 Å². The van der Waals surface area contributed by atoms with Gasteiger partial charge in [0.2, 0.25) is 0 Å². The van der Waals surface area contributed by atoms with Gasteiger partial charge in [-0.3, -0.25) is 0 Å². The van der Waals surface area contributed by atoms with Crippen molar-refractivity contribution in [2.75, 3.05) is 20.7 Å². The van der Waals surface area contributed by atoms with Crippen LogP contribution >= 0.6 is 11.8 Å². The van der Waals surface area contributed by atoms with Crippen LogP contribution in [0.4, 0.5) is 0 Å². The third-order valence-corrected chi connectivity index (χ3v) is 6.50. The van der Waals surface area contributed by atoms with Crippen LogP contribution in [0, 0.1) is 0 Å². The second-order valence-electron chi connectivity index (χ2n) is 9.36. The van der Waals surface area contributed by atoms with Crippen LogP contribution in [0.15, 0.2) is 0 Å². The molecule has 0 aliphatic carbocycles. The van der Waals surface area contributed by atoms with Crippen molar-refractivity contribution < 1.29 is 9.11 Å². The van der Waals surface area contributed by atoms with E-state index in [0.717, 1.165) is 12.8 Å². The summed E-state index contributed by atoms with van der Waals surface area (Å²) in [6, 6.07) is 0.382. The summed E-state index contributed by atoms with van der Waals surface area (Å²) in [6.07, 6.45) is 27.4. The topological polar surface area (TPSA) is 55.2 Å². The summed E-state index contributed by atoms with van der Waals surface area (Å²) < 4.78 is 0.458. The van der Waals surface area contributed by atoms with E-state index in [4.69, 9.17) is 11.8 Å². The van der Waals surface area contributed by atoms with Gasteiger partial charge in [0, 0.05) is 19.4 Å². The number of hydrogen-bond acceptors (Lipinski definition) is 2. The number of aliphatic hydroxyl groups excluding tert-OH is 1. The van der Waals surface area contributed by atoms with Crippen LogP contribution in [0.1, 0.15) is 135 Å². The lowest BCUT2D eigenvalue weighted by atomic mass is 10.0. The number of aliphatic hydroxyl groups is 1. The molecule has 0 spiro atoms. The Morgan fingerprint density at radius 1 is 0.586 bits per heavy atom. The minimum absolute atomic E-state index is 0. The molecule has 1 unspecified atom stereocenters. The smallest absolute Gasteiger partial charge is 0.165 e. The van der Waals surface area contributed by atoms with Crippen molar-refractivity contribution in [2.24, 2.45) is 0 Å². The molecule has 4 heteroatoms. The van der Waals surface area contributed by atoms with Crippen LogP contribution < -0.4 is 6.15 Å². The molecule has 0 aliphatic heterocycles. The Labute approximate surface area is 189 Å². The lowest BCUT2D eigenvalue weighted by molar-refractivity contribution is -0.801. The third kappa shape index (κ3) is 22.7. The average molecular weight is 436 g/mol. The standard InChI is InChI=1S/C25H53ClNO.H3N/c1-4-5-6-7-8-9-10-11-12-13-14-15-16-17-18-19-20-21-22-25(23-24-28)27(2,3)26;/h25,28H,4-24H2,1-3H3;1H3/q+1;. The van der Waals surface area contributed by atoms with E-state index < -0.39 is 0 Å². The molecular formula is C25H56ClN2O+. The van der Waals surface area contributed by atoms with Gasteiger partial charge in [0.05, 0.1) is 14.1 Å². The third-order valence-electron chi connectivity index (χ3n) is 6.22. The van der Waals surface area contributed by atoms with E-state index in [1.54, 1.807) is 0 Å². The van der Waals surface area contributed by atoms with Crippen LogP contribution in [0.3, 0.4) is 0 Å². The van der Waals surface area contributed by atoms with Crippen molar-refractivity contribution in [3.63, 3.8) is 0 Å². The quantitative estimate of drug-likeness (QED) is 0.132. The number of hydrogen-bond donors (Lipinski definition) is 2. The zero-order chi connectivity index (χ0) is 20.9. The number of rotatable bonds is 22. The molecule has 0 saturated heterocycles. The Morgan fingerprint density at radius 2 is 0.897 bits per heavy atom. The van der Waals surface area contributed by atoms with Gasteiger partial charge in [-0.15, -0.1) is 0 Å². The van der Waals surface area contributed by atoms with E-state index in [0.29, 0.717) is 10.0 Å². The van der Waals surface area contributed by atoms with Crippen LogP contribution in [-0.4, -0.2) is 35.9 Å². The lowest BCUT2D eigenvalue weighted by Crippen LogP contribution is -2.40. The molecule has 0 aromatic rings. The Bertz CT molecular complexity index is 308. The second kappa shape index (κ2) is 22.8.